The van der Waals surface area contributed by atoms with E-state index in [1.807, 2.05) is 0 Å². The van der Waals surface area contributed by atoms with Gasteiger partial charge in [0.15, 0.2) is 0 Å². The maximum absolute atomic E-state index is 12.7. The summed E-state index contributed by atoms with van der Waals surface area (Å²) in [6.07, 6.45) is 0.837. The minimum absolute atomic E-state index is 0.0667. The molecular weight excluding hydrogens is 412 g/mol. The van der Waals surface area contributed by atoms with Crippen LogP contribution in [0.1, 0.15) is 37.6 Å². The monoisotopic (exact) mass is 444 g/mol. The second-order valence-electron chi connectivity index (χ2n) is 7.64. The fraction of sp³-hybridized carbons (Fsp3) is 0.650. The van der Waals surface area contributed by atoms with Gasteiger partial charge in [-0.2, -0.15) is 4.31 Å². The van der Waals surface area contributed by atoms with Crippen LogP contribution >= 0.6 is 11.6 Å². The van der Waals surface area contributed by atoms with E-state index in [2.05, 4.69) is 22.0 Å². The number of carbonyl (C=O) groups excluding carboxylic acids is 1. The van der Waals surface area contributed by atoms with Gasteiger partial charge in [-0.05, 0) is 51.6 Å². The Morgan fingerprint density at radius 1 is 1.21 bits per heavy atom. The number of rotatable bonds is 9. The first-order chi connectivity index (χ1) is 13.7. The first-order valence-corrected chi connectivity index (χ1v) is 12.0. The van der Waals surface area contributed by atoms with E-state index in [4.69, 9.17) is 11.6 Å². The van der Waals surface area contributed by atoms with E-state index in [1.165, 1.54) is 29.6 Å². The van der Waals surface area contributed by atoms with Crippen LogP contribution in [0.3, 0.4) is 0 Å². The molecule has 1 aliphatic rings. The van der Waals surface area contributed by atoms with E-state index in [0.29, 0.717) is 6.54 Å². The molecule has 2 rings (SSSR count). The molecule has 1 amide bonds. The number of piperazine rings is 1. The maximum Gasteiger partial charge on any atom is 0.252 e. The molecule has 0 unspecified atom stereocenters. The first kappa shape index (κ1) is 24.1. The average molecular weight is 445 g/mol. The zero-order chi connectivity index (χ0) is 21.6. The second-order valence-corrected chi connectivity index (χ2v) is 10.0. The fourth-order valence-electron chi connectivity index (χ4n) is 3.21. The molecule has 0 radical (unpaired) electrons. The number of benzene rings is 1. The third kappa shape index (κ3) is 6.39. The molecule has 0 aromatic heterocycles. The molecule has 7 nitrogen and oxygen atoms in total. The van der Waals surface area contributed by atoms with Crippen LogP contribution in [0, 0.1) is 0 Å². The van der Waals surface area contributed by atoms with E-state index in [9.17, 15) is 13.2 Å². The van der Waals surface area contributed by atoms with Gasteiger partial charge in [-0.15, -0.1) is 0 Å². The van der Waals surface area contributed by atoms with Crippen molar-refractivity contribution in [1.29, 1.82) is 0 Å². The number of carbonyl (C=O) groups is 1. The van der Waals surface area contributed by atoms with Crippen molar-refractivity contribution in [1.82, 2.24) is 19.4 Å². The van der Waals surface area contributed by atoms with Gasteiger partial charge in [0.2, 0.25) is 10.0 Å². The molecule has 0 aliphatic carbocycles. The Bertz CT molecular complexity index is 793. The molecule has 0 bridgehead atoms. The van der Waals surface area contributed by atoms with Gasteiger partial charge >= 0.3 is 0 Å². The molecular formula is C20H33ClN4O3S. The smallest absolute Gasteiger partial charge is 0.252 e. The van der Waals surface area contributed by atoms with Gasteiger partial charge in [0.05, 0.1) is 15.5 Å². The highest BCUT2D eigenvalue weighted by Gasteiger charge is 2.25. The summed E-state index contributed by atoms with van der Waals surface area (Å²) in [6.45, 7) is 12.6. The van der Waals surface area contributed by atoms with Crippen molar-refractivity contribution < 1.29 is 13.2 Å². The van der Waals surface area contributed by atoms with Gasteiger partial charge in [-0.25, -0.2) is 8.42 Å². The van der Waals surface area contributed by atoms with Gasteiger partial charge in [-0.3, -0.25) is 4.79 Å². The Labute approximate surface area is 180 Å². The number of likely N-dealkylation sites (N-methyl/N-ethyl adjacent to an activating group) is 1. The molecule has 1 N–H and O–H groups in total. The molecule has 0 spiro atoms. The number of hydrogen-bond acceptors (Lipinski definition) is 5. The highest BCUT2D eigenvalue weighted by Crippen LogP contribution is 2.23. The molecule has 1 heterocycles. The van der Waals surface area contributed by atoms with Crippen molar-refractivity contribution in [3.05, 3.63) is 28.8 Å². The Hall–Kier alpha value is -1.19. The van der Waals surface area contributed by atoms with Crippen LogP contribution in [0.15, 0.2) is 23.1 Å². The number of sulfonamides is 1. The van der Waals surface area contributed by atoms with Gasteiger partial charge < -0.3 is 15.1 Å². The lowest BCUT2D eigenvalue weighted by Gasteiger charge is -2.33. The van der Waals surface area contributed by atoms with E-state index in [1.54, 1.807) is 13.8 Å². The van der Waals surface area contributed by atoms with Crippen molar-refractivity contribution in [2.24, 2.45) is 0 Å². The molecule has 9 heteroatoms. The molecule has 29 heavy (non-hydrogen) atoms. The van der Waals surface area contributed by atoms with Gasteiger partial charge in [0.1, 0.15) is 0 Å². The molecule has 0 atom stereocenters. The zero-order valence-electron chi connectivity index (χ0n) is 17.8. The number of hydrogen-bond donors (Lipinski definition) is 1. The van der Waals surface area contributed by atoms with E-state index >= 15 is 0 Å². The lowest BCUT2D eigenvalue weighted by Crippen LogP contribution is -2.46. The summed E-state index contributed by atoms with van der Waals surface area (Å²) in [6, 6.07) is 4.07. The van der Waals surface area contributed by atoms with Crippen LogP contribution in [0.5, 0.6) is 0 Å². The Balaban J connectivity index is 1.92. The summed E-state index contributed by atoms with van der Waals surface area (Å²) in [7, 11) is -2.15. The SMILES string of the molecule is CCN1CCN(CCCNC(=O)c2cc(S(=O)(=O)N(C)C(C)C)ccc2Cl)CC1. The molecule has 1 saturated heterocycles. The number of nitrogens with zero attached hydrogens (tertiary/aromatic N) is 3. The van der Waals surface area contributed by atoms with Crippen LogP contribution < -0.4 is 5.32 Å². The van der Waals surface area contributed by atoms with Crippen LogP contribution in [0.4, 0.5) is 0 Å². The lowest BCUT2D eigenvalue weighted by atomic mass is 10.2. The molecule has 164 valence electrons. The minimum Gasteiger partial charge on any atom is -0.352 e. The number of nitrogens with one attached hydrogen (secondary N) is 1. The van der Waals surface area contributed by atoms with Crippen LogP contribution in [0.2, 0.25) is 5.02 Å². The van der Waals surface area contributed by atoms with Crippen molar-refractivity contribution in [3.63, 3.8) is 0 Å². The zero-order valence-corrected chi connectivity index (χ0v) is 19.4. The molecule has 1 aliphatic heterocycles. The third-order valence-electron chi connectivity index (χ3n) is 5.44. The standard InChI is InChI=1S/C20H33ClN4O3S/c1-5-24-11-13-25(14-12-24)10-6-9-22-20(26)18-15-17(7-8-19(18)21)29(27,28)23(4)16(2)3/h7-8,15-16H,5-6,9-14H2,1-4H3,(H,22,26). The van der Waals surface area contributed by atoms with Crippen LogP contribution in [0.25, 0.3) is 0 Å². The predicted molar refractivity (Wildman–Crippen MR) is 117 cm³/mol. The number of amides is 1. The minimum atomic E-state index is -3.67. The van der Waals surface area contributed by atoms with Gasteiger partial charge in [0, 0.05) is 45.8 Å². The number of halogens is 1. The fourth-order valence-corrected chi connectivity index (χ4v) is 4.81. The molecule has 1 fully saturated rings. The summed E-state index contributed by atoms with van der Waals surface area (Å²) >= 11 is 6.16. The van der Waals surface area contributed by atoms with Crippen molar-refractivity contribution >= 4 is 27.5 Å². The highest BCUT2D eigenvalue weighted by molar-refractivity contribution is 7.89. The Morgan fingerprint density at radius 3 is 2.41 bits per heavy atom. The summed E-state index contributed by atoms with van der Waals surface area (Å²) < 4.78 is 26.6. The summed E-state index contributed by atoms with van der Waals surface area (Å²) in [4.78, 5) is 17.5. The van der Waals surface area contributed by atoms with Crippen molar-refractivity contribution in [2.75, 3.05) is 52.9 Å². The normalized spacial score (nSPS) is 16.5. The molecule has 1 aromatic carbocycles. The molecule has 1 aromatic rings. The Morgan fingerprint density at radius 2 is 1.83 bits per heavy atom. The predicted octanol–water partition coefficient (Wildman–Crippen LogP) is 2.13. The van der Waals surface area contributed by atoms with E-state index < -0.39 is 10.0 Å². The van der Waals surface area contributed by atoms with Crippen LogP contribution in [-0.2, 0) is 10.0 Å². The first-order valence-electron chi connectivity index (χ1n) is 10.2. The third-order valence-corrected chi connectivity index (χ3v) is 7.79. The maximum atomic E-state index is 12.7. The van der Waals surface area contributed by atoms with E-state index in [-0.39, 0.29) is 27.4 Å². The average Bonchev–Trinajstić information content (AvgIpc) is 2.70. The highest BCUT2D eigenvalue weighted by atomic mass is 35.5. The quantitative estimate of drug-likeness (QED) is 0.590. The molecule has 0 saturated carbocycles. The largest absolute Gasteiger partial charge is 0.352 e. The topological polar surface area (TPSA) is 73.0 Å². The van der Waals surface area contributed by atoms with E-state index in [0.717, 1.165) is 45.7 Å². The summed E-state index contributed by atoms with van der Waals surface area (Å²) in [5.74, 6) is -0.352. The van der Waals surface area contributed by atoms with Crippen molar-refractivity contribution in [2.45, 2.75) is 38.1 Å². The lowest BCUT2D eigenvalue weighted by molar-refractivity contribution is 0.0948. The Kier molecular flexibility index (Phi) is 8.91. The second kappa shape index (κ2) is 10.7. The van der Waals surface area contributed by atoms with Gasteiger partial charge in [0.25, 0.3) is 5.91 Å². The van der Waals surface area contributed by atoms with Crippen molar-refractivity contribution in [3.8, 4) is 0 Å². The summed E-state index contributed by atoms with van der Waals surface area (Å²) in [5, 5.41) is 3.10. The van der Waals surface area contributed by atoms with Crippen LogP contribution in [-0.4, -0.2) is 87.3 Å². The van der Waals surface area contributed by atoms with Gasteiger partial charge in [-0.1, -0.05) is 18.5 Å². The summed E-state index contributed by atoms with van der Waals surface area (Å²) in [5.41, 5.74) is 0.182.